The second-order valence-corrected chi connectivity index (χ2v) is 11.4. The van der Waals surface area contributed by atoms with Gasteiger partial charge in [0, 0.05) is 55.8 Å². The number of hydrogen-bond donors (Lipinski definition) is 0. The van der Waals surface area contributed by atoms with Gasteiger partial charge in [0.25, 0.3) is 0 Å². The highest BCUT2D eigenvalue weighted by molar-refractivity contribution is 6.15. The zero-order valence-electron chi connectivity index (χ0n) is 24.5. The average molecular weight is 577 g/mol. The van der Waals surface area contributed by atoms with Crippen molar-refractivity contribution in [2.24, 2.45) is 0 Å². The molecular weight excluding hydrogens is 548 g/mol. The molecule has 0 fully saturated rings. The van der Waals surface area contributed by atoms with E-state index in [0.717, 1.165) is 50.3 Å². The van der Waals surface area contributed by atoms with Crippen LogP contribution in [0.15, 0.2) is 174 Å². The predicted molar refractivity (Wildman–Crippen MR) is 188 cm³/mol. The Labute approximate surface area is 260 Å². The first kappa shape index (κ1) is 25.4. The van der Waals surface area contributed by atoms with Gasteiger partial charge in [-0.3, -0.25) is 0 Å². The molecule has 0 aliphatic rings. The third kappa shape index (κ3) is 4.05. The Morgan fingerprint density at radius 1 is 0.422 bits per heavy atom. The van der Waals surface area contributed by atoms with E-state index in [1.165, 1.54) is 27.4 Å². The van der Waals surface area contributed by atoms with E-state index in [2.05, 4.69) is 167 Å². The minimum Gasteiger partial charge on any atom is -0.456 e. The summed E-state index contributed by atoms with van der Waals surface area (Å²) in [6.45, 7) is 0. The average Bonchev–Trinajstić information content (AvgIpc) is 3.65. The van der Waals surface area contributed by atoms with Crippen molar-refractivity contribution in [3.63, 3.8) is 0 Å². The maximum absolute atomic E-state index is 6.36. The van der Waals surface area contributed by atoms with Gasteiger partial charge in [0.2, 0.25) is 0 Å². The molecule has 0 atom stereocenters. The van der Waals surface area contributed by atoms with Gasteiger partial charge in [0.1, 0.15) is 11.2 Å². The molecule has 7 aromatic carbocycles. The van der Waals surface area contributed by atoms with Gasteiger partial charge < -0.3 is 13.9 Å². The largest absolute Gasteiger partial charge is 0.456 e. The molecule has 3 heteroatoms. The Balaban J connectivity index is 1.33. The van der Waals surface area contributed by atoms with Gasteiger partial charge in [-0.15, -0.1) is 0 Å². The number of benzene rings is 7. The summed E-state index contributed by atoms with van der Waals surface area (Å²) in [6, 6.07) is 60.2. The van der Waals surface area contributed by atoms with Crippen LogP contribution in [0.25, 0.3) is 60.6 Å². The van der Waals surface area contributed by atoms with Crippen molar-refractivity contribution in [2.75, 3.05) is 4.90 Å². The molecule has 0 spiro atoms. The van der Waals surface area contributed by atoms with E-state index in [9.17, 15) is 0 Å². The molecule has 2 aromatic heterocycles. The molecule has 0 amide bonds. The molecule has 0 aliphatic carbocycles. The number of fused-ring (bicyclic) bond motifs is 6. The summed E-state index contributed by atoms with van der Waals surface area (Å²) in [5, 5.41) is 4.72. The van der Waals surface area contributed by atoms with Gasteiger partial charge >= 0.3 is 0 Å². The van der Waals surface area contributed by atoms with Crippen LogP contribution in [0.4, 0.5) is 17.1 Å². The highest BCUT2D eigenvalue weighted by Gasteiger charge is 2.22. The molecule has 0 saturated heterocycles. The molecule has 3 nitrogen and oxygen atoms in total. The first-order valence-corrected chi connectivity index (χ1v) is 15.3. The van der Waals surface area contributed by atoms with Crippen LogP contribution < -0.4 is 4.90 Å². The summed E-state index contributed by atoms with van der Waals surface area (Å²) < 4.78 is 8.76. The van der Waals surface area contributed by atoms with E-state index in [1.807, 2.05) is 12.1 Å². The SMILES string of the molecule is c1ccc(N(c2ccc3c(c2)oc2ccccc23)c2ccccc2-c2cccc3c4ccccc4n(-c4ccccc4)c23)cc1. The fourth-order valence-corrected chi connectivity index (χ4v) is 6.84. The van der Waals surface area contributed by atoms with Crippen molar-refractivity contribution in [1.82, 2.24) is 4.57 Å². The van der Waals surface area contributed by atoms with Crippen molar-refractivity contribution in [2.45, 2.75) is 0 Å². The Kier molecular flexibility index (Phi) is 5.82. The number of rotatable bonds is 5. The zero-order valence-corrected chi connectivity index (χ0v) is 24.5. The van der Waals surface area contributed by atoms with Crippen LogP contribution in [0.2, 0.25) is 0 Å². The lowest BCUT2D eigenvalue weighted by Crippen LogP contribution is -2.11. The van der Waals surface area contributed by atoms with Crippen molar-refractivity contribution < 1.29 is 4.42 Å². The summed E-state index contributed by atoms with van der Waals surface area (Å²) in [5.74, 6) is 0. The number of para-hydroxylation sites is 6. The minimum absolute atomic E-state index is 0.874. The molecular formula is C42H28N2O. The molecule has 9 aromatic rings. The standard InChI is InChI=1S/C42H28N2O/c1-3-14-29(15-4-1)43(31-26-27-35-34-20-9-12-25-40(34)45-41(35)28-31)38-23-10-7-18-32(38)36-21-13-22-37-33-19-8-11-24-39(33)44(42(36)37)30-16-5-2-6-17-30/h1-28H. The van der Waals surface area contributed by atoms with E-state index in [1.54, 1.807) is 0 Å². The molecule has 0 aliphatic heterocycles. The number of anilines is 3. The first-order valence-electron chi connectivity index (χ1n) is 15.3. The van der Waals surface area contributed by atoms with Gasteiger partial charge in [-0.2, -0.15) is 0 Å². The Morgan fingerprint density at radius 3 is 1.93 bits per heavy atom. The maximum atomic E-state index is 6.36. The molecule has 0 bridgehead atoms. The van der Waals surface area contributed by atoms with E-state index in [-0.39, 0.29) is 0 Å². The summed E-state index contributed by atoms with van der Waals surface area (Å²) >= 11 is 0. The topological polar surface area (TPSA) is 21.3 Å². The molecule has 0 saturated carbocycles. The quantitative estimate of drug-likeness (QED) is 0.203. The highest BCUT2D eigenvalue weighted by Crippen LogP contribution is 2.45. The summed E-state index contributed by atoms with van der Waals surface area (Å²) in [6.07, 6.45) is 0. The normalized spacial score (nSPS) is 11.6. The third-order valence-corrected chi connectivity index (χ3v) is 8.78. The van der Waals surface area contributed by atoms with Gasteiger partial charge in [0.15, 0.2) is 0 Å². The minimum atomic E-state index is 0.874. The van der Waals surface area contributed by atoms with Crippen LogP contribution in [-0.2, 0) is 0 Å². The molecule has 0 radical (unpaired) electrons. The first-order chi connectivity index (χ1) is 22.3. The van der Waals surface area contributed by atoms with Crippen LogP contribution >= 0.6 is 0 Å². The van der Waals surface area contributed by atoms with Crippen LogP contribution in [0.1, 0.15) is 0 Å². The van der Waals surface area contributed by atoms with E-state index < -0.39 is 0 Å². The van der Waals surface area contributed by atoms with Gasteiger partial charge in [-0.1, -0.05) is 109 Å². The molecule has 45 heavy (non-hydrogen) atoms. The lowest BCUT2D eigenvalue weighted by Gasteiger charge is -2.28. The van der Waals surface area contributed by atoms with Crippen molar-refractivity contribution >= 4 is 60.8 Å². The molecule has 9 rings (SSSR count). The maximum Gasteiger partial charge on any atom is 0.137 e. The van der Waals surface area contributed by atoms with Crippen LogP contribution in [0.5, 0.6) is 0 Å². The monoisotopic (exact) mass is 576 g/mol. The second kappa shape index (κ2) is 10.3. The Bertz CT molecular complexity index is 2490. The predicted octanol–water partition coefficient (Wildman–Crippen LogP) is 11.8. The second-order valence-electron chi connectivity index (χ2n) is 11.4. The van der Waals surface area contributed by atoms with Crippen molar-refractivity contribution in [1.29, 1.82) is 0 Å². The molecule has 2 heterocycles. The molecule has 0 unspecified atom stereocenters. The highest BCUT2D eigenvalue weighted by atomic mass is 16.3. The van der Waals surface area contributed by atoms with Gasteiger partial charge in [0.05, 0.1) is 16.7 Å². The van der Waals surface area contributed by atoms with E-state index in [0.29, 0.717) is 0 Å². The van der Waals surface area contributed by atoms with E-state index in [4.69, 9.17) is 4.42 Å². The Morgan fingerprint density at radius 2 is 1.07 bits per heavy atom. The lowest BCUT2D eigenvalue weighted by atomic mass is 9.98. The van der Waals surface area contributed by atoms with Gasteiger partial charge in [-0.25, -0.2) is 0 Å². The molecule has 0 N–H and O–H groups in total. The fraction of sp³-hybridized carbons (Fsp3) is 0. The summed E-state index contributed by atoms with van der Waals surface area (Å²) in [4.78, 5) is 2.34. The smallest absolute Gasteiger partial charge is 0.137 e. The van der Waals surface area contributed by atoms with Crippen LogP contribution in [0, 0.1) is 0 Å². The number of aromatic nitrogens is 1. The summed E-state index contributed by atoms with van der Waals surface area (Å²) in [7, 11) is 0. The molecule has 212 valence electrons. The van der Waals surface area contributed by atoms with Gasteiger partial charge in [-0.05, 0) is 54.6 Å². The Hall–Kier alpha value is -6.06. The lowest BCUT2D eigenvalue weighted by molar-refractivity contribution is 0.669. The fourth-order valence-electron chi connectivity index (χ4n) is 6.84. The number of nitrogens with zero attached hydrogens (tertiary/aromatic N) is 2. The number of hydrogen-bond acceptors (Lipinski definition) is 2. The van der Waals surface area contributed by atoms with Crippen LogP contribution in [0.3, 0.4) is 0 Å². The third-order valence-electron chi connectivity index (χ3n) is 8.78. The van der Waals surface area contributed by atoms with Crippen LogP contribution in [-0.4, -0.2) is 4.57 Å². The van der Waals surface area contributed by atoms with Crippen molar-refractivity contribution in [3.8, 4) is 16.8 Å². The van der Waals surface area contributed by atoms with E-state index >= 15 is 0 Å². The zero-order chi connectivity index (χ0) is 29.7. The summed E-state index contributed by atoms with van der Waals surface area (Å²) in [5.41, 5.74) is 10.8. The van der Waals surface area contributed by atoms with Crippen molar-refractivity contribution in [3.05, 3.63) is 170 Å². The number of furan rings is 1.